The molecule has 0 spiro atoms. The van der Waals surface area contributed by atoms with Crippen LogP contribution in [-0.2, 0) is 0 Å². The van der Waals surface area contributed by atoms with Gasteiger partial charge in [-0.05, 0) is 15.9 Å². The van der Waals surface area contributed by atoms with Crippen LogP contribution in [-0.4, -0.2) is 12.5 Å². The van der Waals surface area contributed by atoms with Crippen LogP contribution in [0.2, 0.25) is 0 Å². The van der Waals surface area contributed by atoms with Crippen LogP contribution in [0.1, 0.15) is 6.42 Å². The topological polar surface area (TPSA) is 12.4 Å². The largest absolute Gasteiger partial charge is 0.255 e. The van der Waals surface area contributed by atoms with E-state index >= 15 is 0 Å². The molecule has 0 aromatic heterocycles. The summed E-state index contributed by atoms with van der Waals surface area (Å²) in [5.74, 6) is 0. The van der Waals surface area contributed by atoms with Gasteiger partial charge in [-0.3, -0.25) is 4.99 Å². The molecule has 44 valence electrons. The summed E-state index contributed by atoms with van der Waals surface area (Å²) >= 11 is 3.16. The first kappa shape index (κ1) is 5.95. The van der Waals surface area contributed by atoms with Crippen molar-refractivity contribution in [2.24, 2.45) is 4.99 Å². The summed E-state index contributed by atoms with van der Waals surface area (Å²) in [6, 6.07) is 0. The van der Waals surface area contributed by atoms with Gasteiger partial charge in [0.1, 0.15) is 0 Å². The van der Waals surface area contributed by atoms with Crippen LogP contribution in [0.25, 0.3) is 0 Å². The van der Waals surface area contributed by atoms with Crippen molar-refractivity contribution in [3.8, 4) is 0 Å². The molecule has 0 saturated heterocycles. The third kappa shape index (κ3) is 1.40. The Hall–Kier alpha value is -0.180. The number of rotatable bonds is 0. The number of dihydropyridines is 1. The molecule has 1 rings (SSSR count). The summed E-state index contributed by atoms with van der Waals surface area (Å²) < 4.78 is 13.0. The fourth-order valence-electron chi connectivity index (χ4n) is 0.475. The SMILES string of the molecule is FC1CC=C(Br)C=N1. The second-order valence-corrected chi connectivity index (χ2v) is 2.45. The Morgan fingerprint density at radius 1 is 1.88 bits per heavy atom. The van der Waals surface area contributed by atoms with Gasteiger partial charge < -0.3 is 0 Å². The van der Waals surface area contributed by atoms with E-state index in [0.29, 0.717) is 6.42 Å². The fraction of sp³-hybridized carbons (Fsp3) is 0.400. The van der Waals surface area contributed by atoms with Crippen molar-refractivity contribution in [2.75, 3.05) is 0 Å². The average Bonchev–Trinajstić information content (AvgIpc) is 1.77. The molecule has 1 unspecified atom stereocenters. The summed E-state index contributed by atoms with van der Waals surface area (Å²) in [7, 11) is 0. The first-order chi connectivity index (χ1) is 3.79. The van der Waals surface area contributed by atoms with E-state index in [-0.39, 0.29) is 0 Å². The van der Waals surface area contributed by atoms with Gasteiger partial charge in [0.25, 0.3) is 0 Å². The molecule has 8 heavy (non-hydrogen) atoms. The van der Waals surface area contributed by atoms with Crippen molar-refractivity contribution in [3.05, 3.63) is 10.6 Å². The number of allylic oxidation sites excluding steroid dienone is 1. The highest BCUT2D eigenvalue weighted by molar-refractivity contribution is 9.12. The molecule has 0 aliphatic carbocycles. The van der Waals surface area contributed by atoms with Crippen LogP contribution >= 0.6 is 15.9 Å². The Morgan fingerprint density at radius 3 is 3.00 bits per heavy atom. The molecule has 0 fully saturated rings. The van der Waals surface area contributed by atoms with E-state index in [0.717, 1.165) is 4.48 Å². The highest BCUT2D eigenvalue weighted by Gasteiger charge is 2.03. The van der Waals surface area contributed by atoms with E-state index in [1.165, 1.54) is 6.21 Å². The Balaban J connectivity index is 2.58. The van der Waals surface area contributed by atoms with Crippen molar-refractivity contribution < 1.29 is 4.39 Å². The van der Waals surface area contributed by atoms with Gasteiger partial charge in [-0.1, -0.05) is 6.08 Å². The molecule has 0 N–H and O–H groups in total. The van der Waals surface area contributed by atoms with E-state index in [2.05, 4.69) is 20.9 Å². The quantitative estimate of drug-likeness (QED) is 0.503. The zero-order chi connectivity index (χ0) is 5.98. The molecule has 0 radical (unpaired) electrons. The van der Waals surface area contributed by atoms with E-state index in [9.17, 15) is 4.39 Å². The number of aliphatic imine (C=N–C) groups is 1. The Kier molecular flexibility index (Phi) is 1.78. The smallest absolute Gasteiger partial charge is 0.193 e. The van der Waals surface area contributed by atoms with Crippen LogP contribution in [0, 0.1) is 0 Å². The lowest BCUT2D eigenvalue weighted by atomic mass is 10.3. The summed E-state index contributed by atoms with van der Waals surface area (Å²) in [5, 5.41) is 0. The predicted octanol–water partition coefficient (Wildman–Crippen LogP) is 2.04. The minimum Gasteiger partial charge on any atom is -0.255 e. The molecule has 0 saturated carbocycles. The van der Waals surface area contributed by atoms with Gasteiger partial charge in [-0.15, -0.1) is 0 Å². The predicted molar refractivity (Wildman–Crippen MR) is 35.0 cm³/mol. The molecule has 1 aliphatic rings. The van der Waals surface area contributed by atoms with E-state index in [1.807, 2.05) is 0 Å². The van der Waals surface area contributed by atoms with Crippen LogP contribution < -0.4 is 0 Å². The zero-order valence-electron chi connectivity index (χ0n) is 4.14. The molecule has 1 heterocycles. The van der Waals surface area contributed by atoms with Crippen LogP contribution in [0.3, 0.4) is 0 Å². The number of halogens is 2. The van der Waals surface area contributed by atoms with Gasteiger partial charge in [-0.2, -0.15) is 0 Å². The molecule has 1 aliphatic heterocycles. The van der Waals surface area contributed by atoms with E-state index in [4.69, 9.17) is 0 Å². The molecule has 1 nitrogen and oxygen atoms in total. The minimum atomic E-state index is -1.02. The summed E-state index contributed by atoms with van der Waals surface area (Å²) in [4.78, 5) is 3.50. The molecule has 1 atom stereocenters. The molecule has 0 bridgehead atoms. The van der Waals surface area contributed by atoms with Gasteiger partial charge in [0.05, 0.1) is 0 Å². The van der Waals surface area contributed by atoms with Crippen LogP contribution in [0.5, 0.6) is 0 Å². The summed E-state index contributed by atoms with van der Waals surface area (Å²) in [5.41, 5.74) is 0. The maximum atomic E-state index is 12.1. The van der Waals surface area contributed by atoms with Gasteiger partial charge >= 0.3 is 0 Å². The lowest BCUT2D eigenvalue weighted by Gasteiger charge is -2.02. The highest BCUT2D eigenvalue weighted by atomic mass is 79.9. The maximum absolute atomic E-state index is 12.1. The summed E-state index contributed by atoms with van der Waals surface area (Å²) in [6.45, 7) is 0. The molecule has 0 amide bonds. The van der Waals surface area contributed by atoms with Crippen molar-refractivity contribution in [3.63, 3.8) is 0 Å². The maximum Gasteiger partial charge on any atom is 0.193 e. The highest BCUT2D eigenvalue weighted by Crippen LogP contribution is 2.12. The fourth-order valence-corrected chi connectivity index (χ4v) is 0.781. The lowest BCUT2D eigenvalue weighted by molar-refractivity contribution is 0.349. The summed E-state index contributed by atoms with van der Waals surface area (Å²) in [6.07, 6.45) is 2.62. The van der Waals surface area contributed by atoms with Gasteiger partial charge in [-0.25, -0.2) is 4.39 Å². The van der Waals surface area contributed by atoms with Crippen molar-refractivity contribution in [2.45, 2.75) is 12.7 Å². The standard InChI is InChI=1S/C5H5BrFN/c6-4-1-2-5(7)8-3-4/h1,3,5H,2H2. The lowest BCUT2D eigenvalue weighted by Crippen LogP contribution is -1.98. The molecule has 0 aromatic rings. The second-order valence-electron chi connectivity index (χ2n) is 1.54. The van der Waals surface area contributed by atoms with Gasteiger partial charge in [0.15, 0.2) is 6.30 Å². The third-order valence-electron chi connectivity index (χ3n) is 0.867. The van der Waals surface area contributed by atoms with Crippen molar-refractivity contribution in [1.29, 1.82) is 0 Å². The third-order valence-corrected chi connectivity index (χ3v) is 1.40. The van der Waals surface area contributed by atoms with Gasteiger partial charge in [0, 0.05) is 17.1 Å². The Morgan fingerprint density at radius 2 is 2.62 bits per heavy atom. The Labute approximate surface area is 55.4 Å². The van der Waals surface area contributed by atoms with Crippen LogP contribution in [0.15, 0.2) is 15.6 Å². The number of alkyl halides is 1. The first-order valence-electron chi connectivity index (χ1n) is 2.32. The molecule has 3 heteroatoms. The van der Waals surface area contributed by atoms with E-state index in [1.54, 1.807) is 6.08 Å². The molecular formula is C5H5BrFN. The van der Waals surface area contributed by atoms with Crippen molar-refractivity contribution >= 4 is 22.1 Å². The van der Waals surface area contributed by atoms with E-state index < -0.39 is 6.30 Å². The zero-order valence-corrected chi connectivity index (χ0v) is 5.73. The number of hydrogen-bond donors (Lipinski definition) is 0. The second kappa shape index (κ2) is 2.40. The minimum absolute atomic E-state index is 0.400. The molecular weight excluding hydrogens is 173 g/mol. The van der Waals surface area contributed by atoms with Crippen LogP contribution in [0.4, 0.5) is 4.39 Å². The normalized spacial score (nSPS) is 27.8. The molecule has 0 aromatic carbocycles. The van der Waals surface area contributed by atoms with Gasteiger partial charge in [0.2, 0.25) is 0 Å². The monoisotopic (exact) mass is 177 g/mol. The number of hydrogen-bond acceptors (Lipinski definition) is 1. The Bertz CT molecular complexity index is 141. The number of nitrogens with zero attached hydrogens (tertiary/aromatic N) is 1. The van der Waals surface area contributed by atoms with Crippen molar-refractivity contribution in [1.82, 2.24) is 0 Å². The first-order valence-corrected chi connectivity index (χ1v) is 3.11. The average molecular weight is 178 g/mol.